The zero-order valence-corrected chi connectivity index (χ0v) is 13.8. The van der Waals surface area contributed by atoms with Gasteiger partial charge in [-0.3, -0.25) is 19.3 Å². The number of imide groups is 1. The molecule has 1 aromatic rings. The topological polar surface area (TPSA) is 79.6 Å². The van der Waals surface area contributed by atoms with Crippen molar-refractivity contribution in [1.82, 2.24) is 10.2 Å². The van der Waals surface area contributed by atoms with Crippen molar-refractivity contribution in [3.63, 3.8) is 0 Å². The number of furan rings is 1. The third-order valence-electron chi connectivity index (χ3n) is 6.36. The van der Waals surface area contributed by atoms with E-state index in [1.807, 2.05) is 0 Å². The number of likely N-dealkylation sites (tertiary alicyclic amines) is 1. The summed E-state index contributed by atoms with van der Waals surface area (Å²) in [6.07, 6.45) is 7.16. The maximum Gasteiger partial charge on any atom is 0.233 e. The minimum Gasteiger partial charge on any atom is -0.467 e. The molecule has 1 saturated heterocycles. The maximum absolute atomic E-state index is 12.8. The van der Waals surface area contributed by atoms with Gasteiger partial charge in [0.15, 0.2) is 0 Å². The smallest absolute Gasteiger partial charge is 0.233 e. The summed E-state index contributed by atoms with van der Waals surface area (Å²) in [5.41, 5.74) is 0. The zero-order valence-electron chi connectivity index (χ0n) is 13.8. The molecule has 5 aliphatic rings. The number of nitrogens with zero attached hydrogens (tertiary/aromatic N) is 1. The number of rotatable bonds is 5. The van der Waals surface area contributed by atoms with Crippen molar-refractivity contribution in [1.29, 1.82) is 0 Å². The van der Waals surface area contributed by atoms with Gasteiger partial charge in [0.25, 0.3) is 0 Å². The number of hydrogen-bond acceptors (Lipinski definition) is 4. The fourth-order valence-electron chi connectivity index (χ4n) is 5.14. The average molecular weight is 340 g/mol. The fraction of sp³-hybridized carbons (Fsp3) is 0.526. The standard InChI is InChI=1S/C19H20N2O4/c22-15(20-9-10-2-1-7-25-10)5-6-21-18(23)16-11-3-4-12(14-8-13(11)14)17(16)19(21)24/h1-4,7,11-14,16-17H,5-6,8-9H2,(H,20,22)/t11-,12-,13-,14-,16+,17+/m0/s1. The van der Waals surface area contributed by atoms with Crippen LogP contribution in [0.2, 0.25) is 0 Å². The van der Waals surface area contributed by atoms with Crippen LogP contribution in [-0.4, -0.2) is 29.2 Å². The second kappa shape index (κ2) is 5.31. The average Bonchev–Trinajstić information content (AvgIpc) is 3.22. The summed E-state index contributed by atoms with van der Waals surface area (Å²) in [4.78, 5) is 38.9. The number of nitrogens with one attached hydrogen (secondary N) is 1. The first-order valence-electron chi connectivity index (χ1n) is 8.98. The molecule has 0 unspecified atom stereocenters. The van der Waals surface area contributed by atoms with Gasteiger partial charge in [-0.1, -0.05) is 12.2 Å². The quantitative estimate of drug-likeness (QED) is 0.648. The lowest BCUT2D eigenvalue weighted by molar-refractivity contribution is -0.140. The molecule has 1 aliphatic heterocycles. The summed E-state index contributed by atoms with van der Waals surface area (Å²) in [6, 6.07) is 3.55. The molecule has 1 N–H and O–H groups in total. The summed E-state index contributed by atoms with van der Waals surface area (Å²) in [7, 11) is 0. The van der Waals surface area contributed by atoms with E-state index in [9.17, 15) is 14.4 Å². The molecular weight excluding hydrogens is 320 g/mol. The van der Waals surface area contributed by atoms with Crippen LogP contribution in [0.15, 0.2) is 35.0 Å². The molecule has 6 rings (SSSR count). The minimum atomic E-state index is -0.184. The normalized spacial score (nSPS) is 37.2. The Morgan fingerprint density at radius 1 is 1.16 bits per heavy atom. The molecule has 25 heavy (non-hydrogen) atoms. The van der Waals surface area contributed by atoms with E-state index in [0.29, 0.717) is 24.1 Å². The third-order valence-corrected chi connectivity index (χ3v) is 6.36. The van der Waals surface area contributed by atoms with Gasteiger partial charge in [0.1, 0.15) is 5.76 Å². The van der Waals surface area contributed by atoms with Gasteiger partial charge in [-0.05, 0) is 42.2 Å². The molecule has 6 nitrogen and oxygen atoms in total. The Kier molecular flexibility index (Phi) is 3.17. The summed E-state index contributed by atoms with van der Waals surface area (Å²) in [5.74, 6) is 1.65. The minimum absolute atomic E-state index is 0.0708. The molecule has 0 aromatic carbocycles. The van der Waals surface area contributed by atoms with Crippen LogP contribution in [0.4, 0.5) is 0 Å². The molecule has 1 aromatic heterocycles. The van der Waals surface area contributed by atoms with E-state index in [1.165, 1.54) is 4.90 Å². The molecule has 6 heteroatoms. The zero-order chi connectivity index (χ0) is 17.1. The Hall–Kier alpha value is -2.37. The summed E-state index contributed by atoms with van der Waals surface area (Å²) in [6.45, 7) is 0.486. The van der Waals surface area contributed by atoms with Crippen molar-refractivity contribution in [2.75, 3.05) is 6.54 Å². The van der Waals surface area contributed by atoms with E-state index < -0.39 is 0 Å². The molecule has 130 valence electrons. The lowest BCUT2D eigenvalue weighted by Gasteiger charge is -2.37. The van der Waals surface area contributed by atoms with Crippen LogP contribution in [-0.2, 0) is 20.9 Å². The van der Waals surface area contributed by atoms with Gasteiger partial charge < -0.3 is 9.73 Å². The van der Waals surface area contributed by atoms with E-state index in [0.717, 1.165) is 6.42 Å². The molecule has 3 fully saturated rings. The lowest BCUT2D eigenvalue weighted by atomic mass is 9.63. The molecule has 4 aliphatic carbocycles. The molecule has 0 spiro atoms. The highest BCUT2D eigenvalue weighted by Crippen LogP contribution is 2.65. The number of allylic oxidation sites excluding steroid dienone is 2. The van der Waals surface area contributed by atoms with Gasteiger partial charge in [-0.2, -0.15) is 0 Å². The van der Waals surface area contributed by atoms with Crippen LogP contribution in [0.25, 0.3) is 0 Å². The number of amides is 3. The molecule has 2 heterocycles. The van der Waals surface area contributed by atoms with Crippen LogP contribution >= 0.6 is 0 Å². The second-order valence-corrected chi connectivity index (χ2v) is 7.59. The lowest BCUT2D eigenvalue weighted by Crippen LogP contribution is -2.40. The van der Waals surface area contributed by atoms with Crippen molar-refractivity contribution in [2.45, 2.75) is 19.4 Å². The van der Waals surface area contributed by atoms with Gasteiger partial charge in [0.05, 0.1) is 24.6 Å². The summed E-state index contributed by atoms with van der Waals surface area (Å²) in [5, 5.41) is 2.75. The first kappa shape index (κ1) is 14.9. The monoisotopic (exact) mass is 340 g/mol. The first-order chi connectivity index (χ1) is 12.1. The van der Waals surface area contributed by atoms with E-state index in [4.69, 9.17) is 4.42 Å². The van der Waals surface area contributed by atoms with Gasteiger partial charge in [-0.15, -0.1) is 0 Å². The van der Waals surface area contributed by atoms with Crippen LogP contribution in [0.3, 0.4) is 0 Å². The van der Waals surface area contributed by atoms with Crippen molar-refractivity contribution < 1.29 is 18.8 Å². The number of carbonyl (C=O) groups is 3. The van der Waals surface area contributed by atoms with Crippen molar-refractivity contribution >= 4 is 17.7 Å². The van der Waals surface area contributed by atoms with Crippen LogP contribution in [0.5, 0.6) is 0 Å². The molecule has 6 atom stereocenters. The highest BCUT2D eigenvalue weighted by atomic mass is 16.3. The molecule has 2 saturated carbocycles. The Balaban J connectivity index is 1.22. The predicted octanol–water partition coefficient (Wildman–Crippen LogP) is 1.34. The van der Waals surface area contributed by atoms with Gasteiger partial charge in [0, 0.05) is 13.0 Å². The highest BCUT2D eigenvalue weighted by molar-refractivity contribution is 6.06. The number of carbonyl (C=O) groups excluding carboxylic acids is 3. The number of hydrogen-bond donors (Lipinski definition) is 1. The van der Waals surface area contributed by atoms with E-state index in [2.05, 4.69) is 17.5 Å². The maximum atomic E-state index is 12.8. The molecule has 2 bridgehead atoms. The molecular formula is C19H20N2O4. The predicted molar refractivity (Wildman–Crippen MR) is 86.6 cm³/mol. The van der Waals surface area contributed by atoms with E-state index in [1.54, 1.807) is 18.4 Å². The highest BCUT2D eigenvalue weighted by Gasteiger charge is 2.66. The van der Waals surface area contributed by atoms with Crippen molar-refractivity contribution in [3.05, 3.63) is 36.3 Å². The first-order valence-corrected chi connectivity index (χ1v) is 8.98. The fourth-order valence-corrected chi connectivity index (χ4v) is 5.14. The SMILES string of the molecule is O=C(CCN1C(=O)[C@@H]2[C@H]3C=C[C@@H]([C@@H]4C[C@@H]34)[C@H]2C1=O)NCc1ccco1. The molecule has 3 amide bonds. The van der Waals surface area contributed by atoms with Crippen molar-refractivity contribution in [3.8, 4) is 0 Å². The van der Waals surface area contributed by atoms with Crippen molar-refractivity contribution in [2.24, 2.45) is 35.5 Å². The van der Waals surface area contributed by atoms with Gasteiger partial charge in [-0.25, -0.2) is 0 Å². The Bertz CT molecular complexity index is 732. The molecule has 0 radical (unpaired) electrons. The third kappa shape index (κ3) is 2.19. The Labute approximate surface area is 145 Å². The van der Waals surface area contributed by atoms with Crippen LogP contribution in [0, 0.1) is 35.5 Å². The largest absolute Gasteiger partial charge is 0.467 e. The van der Waals surface area contributed by atoms with E-state index in [-0.39, 0.29) is 54.4 Å². The van der Waals surface area contributed by atoms with Gasteiger partial charge >= 0.3 is 0 Å². The Morgan fingerprint density at radius 2 is 1.84 bits per heavy atom. The summed E-state index contributed by atoms with van der Waals surface area (Å²) >= 11 is 0. The van der Waals surface area contributed by atoms with Gasteiger partial charge in [0.2, 0.25) is 17.7 Å². The Morgan fingerprint density at radius 3 is 2.44 bits per heavy atom. The van der Waals surface area contributed by atoms with Crippen LogP contribution < -0.4 is 5.32 Å². The second-order valence-electron chi connectivity index (χ2n) is 7.59. The van der Waals surface area contributed by atoms with Crippen LogP contribution in [0.1, 0.15) is 18.6 Å². The summed E-state index contributed by atoms with van der Waals surface area (Å²) < 4.78 is 5.16. The van der Waals surface area contributed by atoms with E-state index >= 15 is 0 Å².